The Balaban J connectivity index is 1.86. The van der Waals surface area contributed by atoms with Crippen molar-refractivity contribution < 1.29 is 13.2 Å². The van der Waals surface area contributed by atoms with Crippen LogP contribution >= 0.6 is 11.6 Å². The van der Waals surface area contributed by atoms with Gasteiger partial charge in [-0.2, -0.15) is 0 Å². The number of carbonyl (C=O) groups is 1. The van der Waals surface area contributed by atoms with Crippen molar-refractivity contribution in [2.45, 2.75) is 30.6 Å². The summed E-state index contributed by atoms with van der Waals surface area (Å²) in [5.41, 5.74) is 0.313. The molecule has 0 atom stereocenters. The molecule has 1 amide bonds. The number of nitrogens with zero attached hydrogens (tertiary/aromatic N) is 1. The lowest BCUT2D eigenvalue weighted by atomic mass is 10.1. The molecule has 0 aliphatic carbocycles. The van der Waals surface area contributed by atoms with Gasteiger partial charge in [-0.3, -0.25) is 4.79 Å². The number of benzene rings is 1. The van der Waals surface area contributed by atoms with Gasteiger partial charge in [0.05, 0.1) is 9.92 Å². The number of carbonyl (C=O) groups excluding carboxylic acids is 1. The van der Waals surface area contributed by atoms with Gasteiger partial charge in [0.25, 0.3) is 5.91 Å². The highest BCUT2D eigenvalue weighted by atomic mass is 35.5. The van der Waals surface area contributed by atoms with Crippen LogP contribution in [0, 0.1) is 0 Å². The summed E-state index contributed by atoms with van der Waals surface area (Å²) in [5.74, 6) is -0.273. The topological polar surface area (TPSA) is 66.5 Å². The van der Waals surface area contributed by atoms with E-state index in [1.54, 1.807) is 0 Å². The quantitative estimate of drug-likeness (QED) is 0.793. The van der Waals surface area contributed by atoms with Gasteiger partial charge in [0, 0.05) is 18.4 Å². The molecule has 1 aromatic rings. The van der Waals surface area contributed by atoms with E-state index in [4.69, 9.17) is 11.6 Å². The molecular weight excluding hydrogens is 336 g/mol. The van der Waals surface area contributed by atoms with Gasteiger partial charge >= 0.3 is 0 Å². The summed E-state index contributed by atoms with van der Waals surface area (Å²) in [6.45, 7) is 3.84. The summed E-state index contributed by atoms with van der Waals surface area (Å²) in [5, 5.41) is 2.97. The fourth-order valence-electron chi connectivity index (χ4n) is 2.72. The minimum absolute atomic E-state index is 0.0138. The van der Waals surface area contributed by atoms with Gasteiger partial charge in [0.2, 0.25) is 0 Å². The number of likely N-dealkylation sites (tertiary alicyclic amines) is 1. The van der Waals surface area contributed by atoms with Gasteiger partial charge in [-0.25, -0.2) is 8.42 Å². The molecule has 128 valence electrons. The Kier molecular flexibility index (Phi) is 6.44. The molecule has 1 heterocycles. The van der Waals surface area contributed by atoms with Gasteiger partial charge in [-0.1, -0.05) is 18.0 Å². The van der Waals surface area contributed by atoms with Crippen LogP contribution in [0.15, 0.2) is 23.1 Å². The highest BCUT2D eigenvalue weighted by Crippen LogP contribution is 2.22. The lowest BCUT2D eigenvalue weighted by Gasteiger charge is -2.26. The fourth-order valence-corrected chi connectivity index (χ4v) is 4.02. The fraction of sp³-hybridized carbons (Fsp3) is 0.562. The Morgan fingerprint density at radius 3 is 2.61 bits per heavy atom. The predicted octanol–water partition coefficient (Wildman–Crippen LogP) is 2.35. The zero-order valence-corrected chi connectivity index (χ0v) is 14.9. The molecule has 0 saturated carbocycles. The Morgan fingerprint density at radius 2 is 1.96 bits per heavy atom. The predicted molar refractivity (Wildman–Crippen MR) is 91.8 cm³/mol. The van der Waals surface area contributed by atoms with E-state index < -0.39 is 9.84 Å². The molecule has 1 saturated heterocycles. The van der Waals surface area contributed by atoms with Gasteiger partial charge in [0.15, 0.2) is 9.84 Å². The van der Waals surface area contributed by atoms with E-state index in [9.17, 15) is 13.2 Å². The monoisotopic (exact) mass is 358 g/mol. The molecule has 0 unspecified atom stereocenters. The smallest absolute Gasteiger partial charge is 0.251 e. The van der Waals surface area contributed by atoms with Crippen molar-refractivity contribution in [3.8, 4) is 0 Å². The van der Waals surface area contributed by atoms with Crippen LogP contribution in [-0.2, 0) is 9.84 Å². The van der Waals surface area contributed by atoms with Crippen LogP contribution in [0.25, 0.3) is 0 Å². The Morgan fingerprint density at radius 1 is 1.26 bits per heavy atom. The van der Waals surface area contributed by atoms with Crippen molar-refractivity contribution in [1.82, 2.24) is 10.2 Å². The first-order valence-corrected chi connectivity index (χ1v) is 10.1. The first-order chi connectivity index (χ1) is 10.9. The van der Waals surface area contributed by atoms with Crippen molar-refractivity contribution in [1.29, 1.82) is 0 Å². The van der Waals surface area contributed by atoms with E-state index in [1.165, 1.54) is 37.5 Å². The standard InChI is InChI=1S/C16H23ClN2O3S/c1-23(21,22)15-12-13(6-7-14(15)17)16(20)18-8-5-11-19-9-3-2-4-10-19/h6-7,12H,2-5,8-11H2,1H3,(H,18,20). The highest BCUT2D eigenvalue weighted by Gasteiger charge is 2.16. The minimum Gasteiger partial charge on any atom is -0.352 e. The molecule has 0 bridgehead atoms. The van der Waals surface area contributed by atoms with E-state index in [0.717, 1.165) is 32.3 Å². The number of sulfone groups is 1. The van der Waals surface area contributed by atoms with Crippen LogP contribution < -0.4 is 5.32 Å². The second kappa shape index (κ2) is 8.13. The van der Waals surface area contributed by atoms with Gasteiger partial charge in [0.1, 0.15) is 0 Å². The van der Waals surface area contributed by atoms with Crippen molar-refractivity contribution in [3.05, 3.63) is 28.8 Å². The summed E-state index contributed by atoms with van der Waals surface area (Å²) < 4.78 is 23.3. The van der Waals surface area contributed by atoms with E-state index in [1.807, 2.05) is 0 Å². The average molecular weight is 359 g/mol. The maximum atomic E-state index is 12.1. The van der Waals surface area contributed by atoms with E-state index >= 15 is 0 Å². The van der Waals surface area contributed by atoms with Gasteiger partial charge in [-0.15, -0.1) is 0 Å². The highest BCUT2D eigenvalue weighted by molar-refractivity contribution is 7.90. The molecule has 1 aromatic carbocycles. The second-order valence-corrected chi connectivity index (χ2v) is 8.32. The maximum absolute atomic E-state index is 12.1. The Hall–Kier alpha value is -1.11. The van der Waals surface area contributed by atoms with Crippen LogP contribution in [0.2, 0.25) is 5.02 Å². The van der Waals surface area contributed by atoms with Crippen LogP contribution in [0.5, 0.6) is 0 Å². The largest absolute Gasteiger partial charge is 0.352 e. The van der Waals surface area contributed by atoms with Crippen molar-refractivity contribution in [2.75, 3.05) is 32.4 Å². The zero-order chi connectivity index (χ0) is 16.9. The molecule has 1 N–H and O–H groups in total. The lowest BCUT2D eigenvalue weighted by Crippen LogP contribution is -2.33. The molecule has 0 radical (unpaired) electrons. The molecule has 1 aliphatic rings. The molecule has 0 aromatic heterocycles. The van der Waals surface area contributed by atoms with Gasteiger partial charge < -0.3 is 10.2 Å². The van der Waals surface area contributed by atoms with E-state index in [2.05, 4.69) is 10.2 Å². The third kappa shape index (κ3) is 5.48. The molecule has 2 rings (SSSR count). The third-order valence-electron chi connectivity index (χ3n) is 3.98. The number of amides is 1. The molecule has 0 spiro atoms. The van der Waals surface area contributed by atoms with E-state index in [0.29, 0.717) is 12.1 Å². The molecule has 1 aliphatic heterocycles. The number of nitrogens with one attached hydrogen (secondary N) is 1. The number of piperidine rings is 1. The zero-order valence-electron chi connectivity index (χ0n) is 13.3. The molecule has 23 heavy (non-hydrogen) atoms. The molecule has 7 heteroatoms. The number of hydrogen-bond donors (Lipinski definition) is 1. The first kappa shape index (κ1) is 18.2. The summed E-state index contributed by atoms with van der Waals surface area (Å²) in [7, 11) is -3.45. The van der Waals surface area contributed by atoms with Crippen molar-refractivity contribution >= 4 is 27.3 Å². The number of halogens is 1. The maximum Gasteiger partial charge on any atom is 0.251 e. The minimum atomic E-state index is -3.45. The van der Waals surface area contributed by atoms with Crippen LogP contribution in [-0.4, -0.2) is 51.7 Å². The lowest BCUT2D eigenvalue weighted by molar-refractivity contribution is 0.0951. The van der Waals surface area contributed by atoms with Gasteiger partial charge in [-0.05, 0) is 57.1 Å². The Bertz CT molecular complexity index is 655. The molecule has 1 fully saturated rings. The van der Waals surface area contributed by atoms with Crippen molar-refractivity contribution in [2.24, 2.45) is 0 Å². The summed E-state index contributed by atoms with van der Waals surface area (Å²) in [6, 6.07) is 4.31. The normalized spacial score (nSPS) is 16.3. The first-order valence-electron chi connectivity index (χ1n) is 7.88. The Labute approximate surface area is 142 Å². The van der Waals surface area contributed by atoms with Crippen LogP contribution in [0.4, 0.5) is 0 Å². The van der Waals surface area contributed by atoms with E-state index in [-0.39, 0.29) is 15.8 Å². The molecular formula is C16H23ClN2O3S. The molecule has 5 nitrogen and oxygen atoms in total. The summed E-state index contributed by atoms with van der Waals surface area (Å²) in [4.78, 5) is 14.5. The second-order valence-electron chi connectivity index (χ2n) is 5.93. The average Bonchev–Trinajstić information content (AvgIpc) is 2.51. The number of hydrogen-bond acceptors (Lipinski definition) is 4. The summed E-state index contributed by atoms with van der Waals surface area (Å²) in [6.07, 6.45) is 5.79. The van der Waals surface area contributed by atoms with Crippen LogP contribution in [0.1, 0.15) is 36.0 Å². The van der Waals surface area contributed by atoms with Crippen LogP contribution in [0.3, 0.4) is 0 Å². The van der Waals surface area contributed by atoms with Crippen molar-refractivity contribution in [3.63, 3.8) is 0 Å². The SMILES string of the molecule is CS(=O)(=O)c1cc(C(=O)NCCCN2CCCCC2)ccc1Cl. The third-order valence-corrected chi connectivity index (χ3v) is 5.56. The summed E-state index contributed by atoms with van der Waals surface area (Å²) >= 11 is 5.88. The number of rotatable bonds is 6.